The van der Waals surface area contributed by atoms with E-state index in [1.165, 1.54) is 6.20 Å². The zero-order valence-electron chi connectivity index (χ0n) is 14.7. The Hall–Kier alpha value is -3.80. The SMILES string of the molecule is Cc1ccccc1Nc1cnc(C(=O)Nc2cccc3cccnc23)cn1. The summed E-state index contributed by atoms with van der Waals surface area (Å²) < 4.78 is 0. The molecule has 0 bridgehead atoms. The minimum Gasteiger partial charge on any atom is -0.339 e. The van der Waals surface area contributed by atoms with Crippen LogP contribution in [0.3, 0.4) is 0 Å². The van der Waals surface area contributed by atoms with Gasteiger partial charge in [0.2, 0.25) is 0 Å². The Balaban J connectivity index is 1.52. The summed E-state index contributed by atoms with van der Waals surface area (Å²) in [6.45, 7) is 2.01. The predicted molar refractivity (Wildman–Crippen MR) is 106 cm³/mol. The second-order valence-electron chi connectivity index (χ2n) is 6.06. The van der Waals surface area contributed by atoms with Crippen molar-refractivity contribution in [1.29, 1.82) is 0 Å². The lowest BCUT2D eigenvalue weighted by atomic mass is 10.2. The minimum atomic E-state index is -0.330. The van der Waals surface area contributed by atoms with Gasteiger partial charge in [-0.25, -0.2) is 9.97 Å². The van der Waals surface area contributed by atoms with Crippen molar-refractivity contribution in [2.24, 2.45) is 0 Å². The number of pyridine rings is 1. The van der Waals surface area contributed by atoms with E-state index in [0.29, 0.717) is 11.5 Å². The molecule has 6 heteroatoms. The molecule has 0 spiro atoms. The molecule has 4 rings (SSSR count). The van der Waals surface area contributed by atoms with Crippen LogP contribution in [0.2, 0.25) is 0 Å². The van der Waals surface area contributed by atoms with Crippen LogP contribution in [0.15, 0.2) is 73.2 Å². The van der Waals surface area contributed by atoms with Crippen LogP contribution in [0.1, 0.15) is 16.1 Å². The Morgan fingerprint density at radius 3 is 2.48 bits per heavy atom. The average Bonchev–Trinajstić information content (AvgIpc) is 2.70. The summed E-state index contributed by atoms with van der Waals surface area (Å²) in [6.07, 6.45) is 4.70. The van der Waals surface area contributed by atoms with E-state index in [-0.39, 0.29) is 11.6 Å². The summed E-state index contributed by atoms with van der Waals surface area (Å²) >= 11 is 0. The Bertz CT molecular complexity index is 1100. The monoisotopic (exact) mass is 355 g/mol. The molecule has 0 saturated carbocycles. The topological polar surface area (TPSA) is 79.8 Å². The molecule has 1 amide bonds. The molecule has 0 aliphatic rings. The molecule has 0 saturated heterocycles. The molecule has 2 N–H and O–H groups in total. The highest BCUT2D eigenvalue weighted by molar-refractivity contribution is 6.07. The van der Waals surface area contributed by atoms with Crippen LogP contribution in [-0.4, -0.2) is 20.9 Å². The lowest BCUT2D eigenvalue weighted by Gasteiger charge is -2.09. The number of benzene rings is 2. The van der Waals surface area contributed by atoms with Gasteiger partial charge >= 0.3 is 0 Å². The van der Waals surface area contributed by atoms with Gasteiger partial charge in [0.25, 0.3) is 5.91 Å². The summed E-state index contributed by atoms with van der Waals surface area (Å²) in [5.41, 5.74) is 3.66. The van der Waals surface area contributed by atoms with Crippen molar-refractivity contribution in [3.63, 3.8) is 0 Å². The van der Waals surface area contributed by atoms with E-state index in [0.717, 1.165) is 22.2 Å². The van der Waals surface area contributed by atoms with E-state index in [4.69, 9.17) is 0 Å². The van der Waals surface area contributed by atoms with Gasteiger partial charge in [-0.15, -0.1) is 0 Å². The molecule has 6 nitrogen and oxygen atoms in total. The second-order valence-corrected chi connectivity index (χ2v) is 6.06. The van der Waals surface area contributed by atoms with E-state index in [9.17, 15) is 4.79 Å². The highest BCUT2D eigenvalue weighted by Gasteiger charge is 2.11. The summed E-state index contributed by atoms with van der Waals surface area (Å²) in [5.74, 6) is 0.246. The molecule has 0 atom stereocenters. The van der Waals surface area contributed by atoms with Gasteiger partial charge in [0.1, 0.15) is 11.5 Å². The zero-order valence-corrected chi connectivity index (χ0v) is 14.7. The van der Waals surface area contributed by atoms with Gasteiger partial charge in [-0.05, 0) is 30.7 Å². The third-order valence-corrected chi connectivity index (χ3v) is 4.17. The molecule has 27 heavy (non-hydrogen) atoms. The molecule has 2 aromatic carbocycles. The normalized spacial score (nSPS) is 10.6. The van der Waals surface area contributed by atoms with Crippen molar-refractivity contribution in [2.75, 3.05) is 10.6 Å². The number of hydrogen-bond acceptors (Lipinski definition) is 5. The molecule has 0 aliphatic carbocycles. The first kappa shape index (κ1) is 16.7. The first-order chi connectivity index (χ1) is 13.2. The summed E-state index contributed by atoms with van der Waals surface area (Å²) in [4.78, 5) is 25.4. The van der Waals surface area contributed by atoms with Gasteiger partial charge < -0.3 is 10.6 Å². The van der Waals surface area contributed by atoms with Gasteiger partial charge in [-0.1, -0.05) is 36.4 Å². The van der Waals surface area contributed by atoms with Crippen LogP contribution in [0.25, 0.3) is 10.9 Å². The molecule has 2 heterocycles. The standard InChI is InChI=1S/C21H17N5O/c1-14-6-2-3-9-16(14)25-19-13-23-18(12-24-19)21(27)26-17-10-4-7-15-8-5-11-22-20(15)17/h2-13H,1H3,(H,24,25)(H,26,27). The van der Waals surface area contributed by atoms with Crippen molar-refractivity contribution in [3.05, 3.63) is 84.4 Å². The van der Waals surface area contributed by atoms with Crippen molar-refractivity contribution < 1.29 is 4.79 Å². The number of anilines is 3. The van der Waals surface area contributed by atoms with E-state index in [1.807, 2.05) is 61.5 Å². The van der Waals surface area contributed by atoms with E-state index >= 15 is 0 Å². The third-order valence-electron chi connectivity index (χ3n) is 4.17. The van der Waals surface area contributed by atoms with Gasteiger partial charge in [-0.3, -0.25) is 9.78 Å². The molecule has 4 aromatic rings. The van der Waals surface area contributed by atoms with Crippen LogP contribution in [-0.2, 0) is 0 Å². The second kappa shape index (κ2) is 7.21. The molecule has 0 unspecified atom stereocenters. The maximum Gasteiger partial charge on any atom is 0.275 e. The minimum absolute atomic E-state index is 0.235. The number of carbonyl (C=O) groups excluding carboxylic acids is 1. The van der Waals surface area contributed by atoms with Crippen LogP contribution < -0.4 is 10.6 Å². The fourth-order valence-electron chi connectivity index (χ4n) is 2.75. The Labute approximate surface area is 156 Å². The Morgan fingerprint density at radius 2 is 1.67 bits per heavy atom. The number of carbonyl (C=O) groups is 1. The lowest BCUT2D eigenvalue weighted by Crippen LogP contribution is -2.14. The van der Waals surface area contributed by atoms with Gasteiger partial charge in [-0.2, -0.15) is 0 Å². The maximum absolute atomic E-state index is 12.5. The summed E-state index contributed by atoms with van der Waals surface area (Å²) in [7, 11) is 0. The van der Waals surface area contributed by atoms with E-state index in [1.54, 1.807) is 12.4 Å². The molecule has 0 aliphatic heterocycles. The maximum atomic E-state index is 12.5. The number of aromatic nitrogens is 3. The molecule has 0 radical (unpaired) electrons. The van der Waals surface area contributed by atoms with Crippen molar-refractivity contribution >= 4 is 34.0 Å². The smallest absolute Gasteiger partial charge is 0.275 e. The number of amides is 1. The molecule has 0 fully saturated rings. The van der Waals surface area contributed by atoms with E-state index in [2.05, 4.69) is 25.6 Å². The third kappa shape index (κ3) is 3.59. The van der Waals surface area contributed by atoms with Crippen molar-refractivity contribution in [2.45, 2.75) is 6.92 Å². The number of para-hydroxylation sites is 2. The highest BCUT2D eigenvalue weighted by Crippen LogP contribution is 2.21. The number of rotatable bonds is 4. The van der Waals surface area contributed by atoms with Crippen LogP contribution >= 0.6 is 0 Å². The zero-order chi connectivity index (χ0) is 18.6. The quantitative estimate of drug-likeness (QED) is 0.569. The Kier molecular flexibility index (Phi) is 4.45. The van der Waals surface area contributed by atoms with Crippen molar-refractivity contribution in [1.82, 2.24) is 15.0 Å². The van der Waals surface area contributed by atoms with Crippen LogP contribution in [0.5, 0.6) is 0 Å². The lowest BCUT2D eigenvalue weighted by molar-refractivity contribution is 0.102. The number of hydrogen-bond donors (Lipinski definition) is 2. The molecular weight excluding hydrogens is 338 g/mol. The highest BCUT2D eigenvalue weighted by atomic mass is 16.1. The van der Waals surface area contributed by atoms with Crippen LogP contribution in [0, 0.1) is 6.92 Å². The fraction of sp³-hybridized carbons (Fsp3) is 0.0476. The largest absolute Gasteiger partial charge is 0.339 e. The first-order valence-electron chi connectivity index (χ1n) is 8.50. The number of nitrogens with zero attached hydrogens (tertiary/aromatic N) is 3. The Morgan fingerprint density at radius 1 is 0.852 bits per heavy atom. The summed E-state index contributed by atoms with van der Waals surface area (Å²) in [6, 6.07) is 17.3. The number of aryl methyl sites for hydroxylation is 1. The number of fused-ring (bicyclic) bond motifs is 1. The van der Waals surface area contributed by atoms with Gasteiger partial charge in [0.15, 0.2) is 0 Å². The van der Waals surface area contributed by atoms with Crippen molar-refractivity contribution in [3.8, 4) is 0 Å². The molecular formula is C21H17N5O. The predicted octanol–water partition coefficient (Wildman–Crippen LogP) is 4.33. The fourth-order valence-corrected chi connectivity index (χ4v) is 2.75. The molecule has 2 aromatic heterocycles. The van der Waals surface area contributed by atoms with Gasteiger partial charge in [0, 0.05) is 17.3 Å². The van der Waals surface area contributed by atoms with E-state index < -0.39 is 0 Å². The average molecular weight is 355 g/mol. The van der Waals surface area contributed by atoms with Crippen LogP contribution in [0.4, 0.5) is 17.2 Å². The summed E-state index contributed by atoms with van der Waals surface area (Å²) in [5, 5.41) is 7.01. The molecule has 132 valence electrons. The van der Waals surface area contributed by atoms with Gasteiger partial charge in [0.05, 0.1) is 23.6 Å². The first-order valence-corrected chi connectivity index (χ1v) is 8.50. The number of nitrogens with one attached hydrogen (secondary N) is 2.